The summed E-state index contributed by atoms with van der Waals surface area (Å²) < 4.78 is 51.4. The first-order valence-corrected chi connectivity index (χ1v) is 10.9. The molecule has 0 bridgehead atoms. The van der Waals surface area contributed by atoms with Crippen LogP contribution in [0.1, 0.15) is 30.7 Å². The maximum absolute atomic E-state index is 13.2. The van der Waals surface area contributed by atoms with E-state index in [-0.39, 0.29) is 37.0 Å². The van der Waals surface area contributed by atoms with E-state index in [1.54, 1.807) is 12.1 Å². The van der Waals surface area contributed by atoms with E-state index in [9.17, 15) is 22.7 Å². The van der Waals surface area contributed by atoms with Gasteiger partial charge in [-0.2, -0.15) is 13.2 Å². The van der Waals surface area contributed by atoms with Crippen molar-refractivity contribution in [3.05, 3.63) is 59.9 Å². The van der Waals surface area contributed by atoms with Crippen molar-refractivity contribution in [2.45, 2.75) is 43.4 Å². The predicted octanol–water partition coefficient (Wildman–Crippen LogP) is 4.67. The van der Waals surface area contributed by atoms with Gasteiger partial charge in [-0.15, -0.1) is 0 Å². The first-order valence-electron chi connectivity index (χ1n) is 10.9. The quantitative estimate of drug-likeness (QED) is 0.690. The summed E-state index contributed by atoms with van der Waals surface area (Å²) in [5.74, 6) is -0.196. The maximum Gasteiger partial charge on any atom is 0.390 e. The third kappa shape index (κ3) is 5.10. The number of aliphatic hydroxyl groups is 1. The van der Waals surface area contributed by atoms with Crippen molar-refractivity contribution in [1.82, 2.24) is 9.80 Å². The third-order valence-electron chi connectivity index (χ3n) is 6.64. The summed E-state index contributed by atoms with van der Waals surface area (Å²) in [6, 6.07) is 14.5. The second kappa shape index (κ2) is 9.27. The molecule has 0 saturated carbocycles. The Labute approximate surface area is 180 Å². The van der Waals surface area contributed by atoms with Crippen LogP contribution in [0.4, 0.5) is 17.6 Å². The van der Waals surface area contributed by atoms with Crippen molar-refractivity contribution in [2.75, 3.05) is 32.8 Å². The van der Waals surface area contributed by atoms with Gasteiger partial charge in [0, 0.05) is 31.1 Å². The van der Waals surface area contributed by atoms with E-state index in [0.717, 1.165) is 36.1 Å². The van der Waals surface area contributed by atoms with Gasteiger partial charge in [0.1, 0.15) is 5.82 Å². The molecule has 31 heavy (non-hydrogen) atoms. The molecule has 0 radical (unpaired) electrons. The van der Waals surface area contributed by atoms with Crippen molar-refractivity contribution >= 4 is 0 Å². The number of halogens is 4. The Bertz CT molecular complexity index is 853. The van der Waals surface area contributed by atoms with Gasteiger partial charge in [-0.05, 0) is 54.8 Å². The van der Waals surface area contributed by atoms with Crippen LogP contribution in [0, 0.1) is 5.82 Å². The van der Waals surface area contributed by atoms with Gasteiger partial charge in [-0.3, -0.25) is 4.90 Å². The van der Waals surface area contributed by atoms with Crippen LogP contribution in [-0.4, -0.2) is 66.0 Å². The molecule has 3 atom stereocenters. The smallest absolute Gasteiger partial charge is 0.390 e. The van der Waals surface area contributed by atoms with Crippen LogP contribution in [0.25, 0.3) is 11.1 Å². The molecule has 3 nitrogen and oxygen atoms in total. The SMILES string of the molecule is OC[C@H]1[C@@H](c2ccc(-c3ccc(F)cc3)cc2)[C@@H]2CN(CCC(F)(F)F)CCCCN12. The van der Waals surface area contributed by atoms with E-state index in [1.165, 1.54) is 12.1 Å². The van der Waals surface area contributed by atoms with Gasteiger partial charge < -0.3 is 10.0 Å². The third-order valence-corrected chi connectivity index (χ3v) is 6.64. The number of rotatable bonds is 5. The number of hydrogen-bond donors (Lipinski definition) is 1. The fourth-order valence-corrected chi connectivity index (χ4v) is 5.04. The minimum atomic E-state index is -4.15. The zero-order chi connectivity index (χ0) is 22.0. The van der Waals surface area contributed by atoms with Crippen LogP contribution >= 0.6 is 0 Å². The standard InChI is InChI=1S/C24H28F4N2O/c25-20-9-7-18(8-10-20)17-3-5-19(6-4-17)23-21-15-29(14-11-24(26,27)28)12-1-2-13-30(21)22(23)16-31/h3-10,21-23,31H,1-2,11-16H2/t21-,22-,23-/m0/s1. The summed E-state index contributed by atoms with van der Waals surface area (Å²) in [4.78, 5) is 4.19. The van der Waals surface area contributed by atoms with Crippen LogP contribution in [0.5, 0.6) is 0 Å². The van der Waals surface area contributed by atoms with Crippen molar-refractivity contribution < 1.29 is 22.7 Å². The molecule has 168 valence electrons. The molecule has 2 aliphatic heterocycles. The molecule has 4 rings (SSSR count). The predicted molar refractivity (Wildman–Crippen MR) is 112 cm³/mol. The largest absolute Gasteiger partial charge is 0.395 e. The Morgan fingerprint density at radius 3 is 2.13 bits per heavy atom. The summed E-state index contributed by atoms with van der Waals surface area (Å²) in [6.45, 7) is 2.18. The first kappa shape index (κ1) is 22.2. The Balaban J connectivity index is 1.51. The average Bonchev–Trinajstić information content (AvgIpc) is 2.72. The average molecular weight is 436 g/mol. The van der Waals surface area contributed by atoms with Crippen molar-refractivity contribution in [3.63, 3.8) is 0 Å². The molecule has 2 fully saturated rings. The summed E-state index contributed by atoms with van der Waals surface area (Å²) in [7, 11) is 0. The molecule has 2 aliphatic rings. The zero-order valence-corrected chi connectivity index (χ0v) is 17.4. The number of hydrogen-bond acceptors (Lipinski definition) is 3. The monoisotopic (exact) mass is 436 g/mol. The Kier molecular flexibility index (Phi) is 6.65. The molecule has 2 aromatic carbocycles. The Hall–Kier alpha value is -1.96. The lowest BCUT2D eigenvalue weighted by Gasteiger charge is -2.57. The van der Waals surface area contributed by atoms with E-state index in [0.29, 0.717) is 13.1 Å². The molecule has 0 aromatic heterocycles. The minimum Gasteiger partial charge on any atom is -0.395 e. The highest BCUT2D eigenvalue weighted by atomic mass is 19.4. The van der Waals surface area contributed by atoms with Gasteiger partial charge in [0.15, 0.2) is 0 Å². The number of benzene rings is 2. The molecule has 2 saturated heterocycles. The van der Waals surface area contributed by atoms with E-state index in [4.69, 9.17) is 0 Å². The van der Waals surface area contributed by atoms with Gasteiger partial charge >= 0.3 is 6.18 Å². The van der Waals surface area contributed by atoms with E-state index >= 15 is 0 Å². The summed E-state index contributed by atoms with van der Waals surface area (Å²) in [6.07, 6.45) is -3.15. The number of aliphatic hydroxyl groups excluding tert-OH is 1. The van der Waals surface area contributed by atoms with Gasteiger partial charge in [-0.25, -0.2) is 4.39 Å². The van der Waals surface area contributed by atoms with E-state index in [2.05, 4.69) is 4.90 Å². The topological polar surface area (TPSA) is 26.7 Å². The van der Waals surface area contributed by atoms with Gasteiger partial charge in [0.2, 0.25) is 0 Å². The molecule has 2 aromatic rings. The van der Waals surface area contributed by atoms with Crippen LogP contribution in [-0.2, 0) is 0 Å². The lowest BCUT2D eigenvalue weighted by Crippen LogP contribution is -2.67. The van der Waals surface area contributed by atoms with E-state index in [1.807, 2.05) is 29.2 Å². The first-order chi connectivity index (χ1) is 14.9. The highest BCUT2D eigenvalue weighted by Crippen LogP contribution is 2.42. The molecule has 2 heterocycles. The zero-order valence-electron chi connectivity index (χ0n) is 17.4. The van der Waals surface area contributed by atoms with Crippen LogP contribution in [0.2, 0.25) is 0 Å². The van der Waals surface area contributed by atoms with Crippen molar-refractivity contribution in [3.8, 4) is 11.1 Å². The molecule has 7 heteroatoms. The summed E-state index contributed by atoms with van der Waals surface area (Å²) in [5, 5.41) is 10.0. The van der Waals surface area contributed by atoms with Crippen molar-refractivity contribution in [1.29, 1.82) is 0 Å². The molecular weight excluding hydrogens is 408 g/mol. The van der Waals surface area contributed by atoms with Crippen LogP contribution in [0.15, 0.2) is 48.5 Å². The molecule has 0 aliphatic carbocycles. The number of nitrogens with zero attached hydrogens (tertiary/aromatic N) is 2. The highest BCUT2D eigenvalue weighted by Gasteiger charge is 2.49. The van der Waals surface area contributed by atoms with Crippen molar-refractivity contribution in [2.24, 2.45) is 0 Å². The van der Waals surface area contributed by atoms with Crippen LogP contribution in [0.3, 0.4) is 0 Å². The van der Waals surface area contributed by atoms with Crippen LogP contribution < -0.4 is 0 Å². The van der Waals surface area contributed by atoms with E-state index < -0.39 is 12.6 Å². The second-order valence-electron chi connectivity index (χ2n) is 8.58. The lowest BCUT2D eigenvalue weighted by molar-refractivity contribution is -0.140. The molecule has 0 amide bonds. The second-order valence-corrected chi connectivity index (χ2v) is 8.58. The van der Waals surface area contributed by atoms with Gasteiger partial charge in [-0.1, -0.05) is 36.4 Å². The molecular formula is C24H28F4N2O. The summed E-state index contributed by atoms with van der Waals surface area (Å²) >= 11 is 0. The Morgan fingerprint density at radius 2 is 1.52 bits per heavy atom. The minimum absolute atomic E-state index is 0.00997. The fourth-order valence-electron chi connectivity index (χ4n) is 5.04. The molecule has 1 N–H and O–H groups in total. The number of fused-ring (bicyclic) bond motifs is 1. The fraction of sp³-hybridized carbons (Fsp3) is 0.500. The van der Waals surface area contributed by atoms with Gasteiger partial charge in [0.25, 0.3) is 0 Å². The normalized spacial score (nSPS) is 25.4. The highest BCUT2D eigenvalue weighted by molar-refractivity contribution is 5.63. The maximum atomic E-state index is 13.2. The van der Waals surface area contributed by atoms with Gasteiger partial charge in [0.05, 0.1) is 13.0 Å². The number of alkyl halides is 3. The Morgan fingerprint density at radius 1 is 0.903 bits per heavy atom. The lowest BCUT2D eigenvalue weighted by atomic mass is 9.74. The molecule has 0 spiro atoms. The summed E-state index contributed by atoms with van der Waals surface area (Å²) in [5.41, 5.74) is 2.98. The molecule has 0 unspecified atom stereocenters.